The van der Waals surface area contributed by atoms with Crippen LogP contribution in [-0.4, -0.2) is 61.4 Å². The van der Waals surface area contributed by atoms with Crippen LogP contribution in [0.25, 0.3) is 0 Å². The summed E-state index contributed by atoms with van der Waals surface area (Å²) in [6.45, 7) is 10.8. The van der Waals surface area contributed by atoms with Gasteiger partial charge in [-0.3, -0.25) is 9.80 Å². The van der Waals surface area contributed by atoms with Crippen LogP contribution in [0.1, 0.15) is 30.5 Å². The van der Waals surface area contributed by atoms with Gasteiger partial charge >= 0.3 is 0 Å². The first-order valence-corrected chi connectivity index (χ1v) is 11.1. The molecule has 6 heteroatoms. The van der Waals surface area contributed by atoms with E-state index < -0.39 is 9.84 Å². The monoisotopic (exact) mass is 380 g/mol. The number of nitrogens with zero attached hydrogens (tertiary/aromatic N) is 2. The Morgan fingerprint density at radius 1 is 1.15 bits per heavy atom. The van der Waals surface area contributed by atoms with Crippen LogP contribution in [-0.2, 0) is 16.4 Å². The van der Waals surface area contributed by atoms with E-state index in [0.717, 1.165) is 25.2 Å². The smallest absolute Gasteiger partial charge is 0.153 e. The highest BCUT2D eigenvalue weighted by Crippen LogP contribution is 2.29. The molecule has 0 spiro atoms. The van der Waals surface area contributed by atoms with Crippen molar-refractivity contribution in [3.05, 3.63) is 46.3 Å². The van der Waals surface area contributed by atoms with Gasteiger partial charge in [0, 0.05) is 38.3 Å². The molecule has 0 aliphatic carbocycles. The van der Waals surface area contributed by atoms with E-state index in [9.17, 15) is 12.8 Å². The van der Waals surface area contributed by atoms with E-state index in [4.69, 9.17) is 0 Å². The van der Waals surface area contributed by atoms with E-state index in [1.165, 1.54) is 5.57 Å². The van der Waals surface area contributed by atoms with Crippen molar-refractivity contribution in [3.8, 4) is 0 Å². The molecule has 3 rings (SSSR count). The van der Waals surface area contributed by atoms with Crippen molar-refractivity contribution in [2.75, 3.05) is 31.1 Å². The molecule has 144 valence electrons. The van der Waals surface area contributed by atoms with Crippen LogP contribution in [0, 0.1) is 19.7 Å². The topological polar surface area (TPSA) is 40.6 Å². The molecule has 2 aliphatic heterocycles. The molecule has 2 saturated heterocycles. The van der Waals surface area contributed by atoms with Crippen LogP contribution in [0.15, 0.2) is 23.8 Å². The first kappa shape index (κ1) is 19.5. The second-order valence-electron chi connectivity index (χ2n) is 7.94. The Hall–Kier alpha value is -1.24. The number of fused-ring (bicyclic) bond motifs is 1. The summed E-state index contributed by atoms with van der Waals surface area (Å²) in [5.41, 5.74) is 3.53. The van der Waals surface area contributed by atoms with Gasteiger partial charge in [-0.05, 0) is 44.4 Å². The molecule has 2 atom stereocenters. The molecule has 2 aliphatic rings. The van der Waals surface area contributed by atoms with E-state index in [1.54, 1.807) is 6.92 Å². The minimum absolute atomic E-state index is 0.0110. The highest BCUT2D eigenvalue weighted by atomic mass is 32.2. The van der Waals surface area contributed by atoms with Crippen molar-refractivity contribution >= 4 is 9.84 Å². The van der Waals surface area contributed by atoms with Gasteiger partial charge in [0.15, 0.2) is 9.84 Å². The number of benzene rings is 1. The lowest BCUT2D eigenvalue weighted by Gasteiger charge is -2.43. The number of allylic oxidation sites excluding steroid dienone is 1. The number of aryl methyl sites for hydroxylation is 1. The van der Waals surface area contributed by atoms with Crippen LogP contribution in [0.2, 0.25) is 0 Å². The van der Waals surface area contributed by atoms with Crippen molar-refractivity contribution in [3.63, 3.8) is 0 Å². The summed E-state index contributed by atoms with van der Waals surface area (Å²) >= 11 is 0. The standard InChI is InChI=1S/C20H29FN2O2S/c1-14(2)7-8-22-9-10-23(19-13-26(24,25)12-18(19)22)11-17-6-5-15(3)20(21)16(17)4/h5-7,18-19H,8-13H2,1-4H3/t18-,19+/m0/s1. The number of hydrogen-bond donors (Lipinski definition) is 0. The van der Waals surface area contributed by atoms with Crippen molar-refractivity contribution < 1.29 is 12.8 Å². The van der Waals surface area contributed by atoms with Gasteiger partial charge in [-0.1, -0.05) is 23.8 Å². The molecule has 0 saturated carbocycles. The average molecular weight is 381 g/mol. The zero-order valence-corrected chi connectivity index (χ0v) is 16.9. The lowest BCUT2D eigenvalue weighted by molar-refractivity contribution is 0.0476. The summed E-state index contributed by atoms with van der Waals surface area (Å²) in [5, 5.41) is 0. The highest BCUT2D eigenvalue weighted by molar-refractivity contribution is 7.91. The second-order valence-corrected chi connectivity index (χ2v) is 10.1. The molecule has 1 aromatic rings. The van der Waals surface area contributed by atoms with Crippen LogP contribution >= 0.6 is 0 Å². The molecule has 0 radical (unpaired) electrons. The molecule has 0 aromatic heterocycles. The number of piperazine rings is 1. The number of halogens is 1. The third-order valence-electron chi connectivity index (χ3n) is 5.71. The van der Waals surface area contributed by atoms with Crippen molar-refractivity contribution in [2.24, 2.45) is 0 Å². The van der Waals surface area contributed by atoms with Crippen LogP contribution in [0.5, 0.6) is 0 Å². The molecule has 2 fully saturated rings. The normalized spacial score (nSPS) is 25.9. The Morgan fingerprint density at radius 3 is 2.42 bits per heavy atom. The van der Waals surface area contributed by atoms with E-state index in [0.29, 0.717) is 17.7 Å². The van der Waals surface area contributed by atoms with Gasteiger partial charge in [0.2, 0.25) is 0 Å². The molecule has 0 unspecified atom stereocenters. The van der Waals surface area contributed by atoms with Crippen molar-refractivity contribution in [2.45, 2.75) is 46.3 Å². The fourth-order valence-electron chi connectivity index (χ4n) is 4.07. The van der Waals surface area contributed by atoms with E-state index in [-0.39, 0.29) is 29.4 Å². The van der Waals surface area contributed by atoms with Gasteiger partial charge in [0.1, 0.15) is 5.82 Å². The predicted octanol–water partition coefficient (Wildman–Crippen LogP) is 2.69. The summed E-state index contributed by atoms with van der Waals surface area (Å²) < 4.78 is 38.9. The van der Waals surface area contributed by atoms with Crippen molar-refractivity contribution in [1.29, 1.82) is 0 Å². The van der Waals surface area contributed by atoms with Crippen LogP contribution in [0.3, 0.4) is 0 Å². The Kier molecular flexibility index (Phi) is 5.56. The first-order valence-electron chi connectivity index (χ1n) is 9.24. The third kappa shape index (κ3) is 4.02. The largest absolute Gasteiger partial charge is 0.293 e. The fourth-order valence-corrected chi connectivity index (χ4v) is 6.11. The quantitative estimate of drug-likeness (QED) is 0.753. The zero-order chi connectivity index (χ0) is 19.1. The predicted molar refractivity (Wildman–Crippen MR) is 104 cm³/mol. The van der Waals surface area contributed by atoms with Gasteiger partial charge in [0.25, 0.3) is 0 Å². The SMILES string of the molecule is CC(C)=CCN1CCN(Cc2ccc(C)c(F)c2C)[C@@H]2CS(=O)(=O)C[C@@H]21. The minimum atomic E-state index is -3.03. The molecular weight excluding hydrogens is 351 g/mol. The Morgan fingerprint density at radius 2 is 1.77 bits per heavy atom. The maximum absolute atomic E-state index is 14.2. The number of hydrogen-bond acceptors (Lipinski definition) is 4. The van der Waals surface area contributed by atoms with Gasteiger partial charge in [-0.15, -0.1) is 0 Å². The molecule has 2 heterocycles. The summed E-state index contributed by atoms with van der Waals surface area (Å²) in [4.78, 5) is 4.53. The van der Waals surface area contributed by atoms with Gasteiger partial charge in [0.05, 0.1) is 11.5 Å². The summed E-state index contributed by atoms with van der Waals surface area (Å²) in [7, 11) is -3.03. The number of rotatable bonds is 4. The molecule has 26 heavy (non-hydrogen) atoms. The zero-order valence-electron chi connectivity index (χ0n) is 16.1. The highest BCUT2D eigenvalue weighted by Gasteiger charge is 2.46. The maximum Gasteiger partial charge on any atom is 0.153 e. The fraction of sp³-hybridized carbons (Fsp3) is 0.600. The van der Waals surface area contributed by atoms with Crippen LogP contribution < -0.4 is 0 Å². The lowest BCUT2D eigenvalue weighted by atomic mass is 10.0. The molecule has 0 N–H and O–H groups in total. The van der Waals surface area contributed by atoms with Crippen LogP contribution in [0.4, 0.5) is 4.39 Å². The summed E-state index contributed by atoms with van der Waals surface area (Å²) in [5.74, 6) is 0.280. The average Bonchev–Trinajstić information content (AvgIpc) is 2.89. The maximum atomic E-state index is 14.2. The lowest BCUT2D eigenvalue weighted by Crippen LogP contribution is -2.58. The van der Waals surface area contributed by atoms with Gasteiger partial charge < -0.3 is 0 Å². The van der Waals surface area contributed by atoms with E-state index in [1.807, 2.05) is 19.1 Å². The Balaban J connectivity index is 1.82. The van der Waals surface area contributed by atoms with E-state index >= 15 is 0 Å². The molecule has 0 bridgehead atoms. The molecule has 0 amide bonds. The molecule has 4 nitrogen and oxygen atoms in total. The molecule has 1 aromatic carbocycles. The number of sulfone groups is 1. The Labute approximate surface area is 156 Å². The third-order valence-corrected chi connectivity index (χ3v) is 7.40. The second kappa shape index (κ2) is 7.41. The van der Waals surface area contributed by atoms with Gasteiger partial charge in [-0.2, -0.15) is 0 Å². The van der Waals surface area contributed by atoms with E-state index in [2.05, 4.69) is 29.7 Å². The summed E-state index contributed by atoms with van der Waals surface area (Å²) in [6, 6.07) is 3.80. The Bertz CT molecular complexity index is 815. The minimum Gasteiger partial charge on any atom is -0.293 e. The van der Waals surface area contributed by atoms with Crippen molar-refractivity contribution in [1.82, 2.24) is 9.80 Å². The first-order chi connectivity index (χ1) is 12.2. The van der Waals surface area contributed by atoms with Gasteiger partial charge in [-0.25, -0.2) is 12.8 Å². The summed E-state index contributed by atoms with van der Waals surface area (Å²) in [6.07, 6.45) is 2.16. The molecular formula is C20H29FN2O2S.